The molecular weight excluding hydrogens is 516 g/mol. The Hall–Kier alpha value is -4.59. The largest absolute Gasteiger partial charge is 0.497 e. The van der Waals surface area contributed by atoms with Crippen molar-refractivity contribution in [3.8, 4) is 5.75 Å². The van der Waals surface area contributed by atoms with Gasteiger partial charge < -0.3 is 15.0 Å². The minimum Gasteiger partial charge on any atom is -0.497 e. The van der Waals surface area contributed by atoms with Gasteiger partial charge in [0.15, 0.2) is 0 Å². The molecule has 208 valence electrons. The maximum Gasteiger partial charge on any atom is 0.332 e. The van der Waals surface area contributed by atoms with Crippen LogP contribution in [0, 0.1) is 0 Å². The van der Waals surface area contributed by atoms with Crippen molar-refractivity contribution in [1.29, 1.82) is 0 Å². The quantitative estimate of drug-likeness (QED) is 0.312. The number of nitrogens with one attached hydrogen (secondary N) is 2. The molecule has 8 heteroatoms. The number of hydrogen-bond acceptors (Lipinski definition) is 4. The highest BCUT2D eigenvalue weighted by Crippen LogP contribution is 2.45. The normalized spacial score (nSPS) is 20.7. The van der Waals surface area contributed by atoms with E-state index in [1.54, 1.807) is 36.3 Å². The van der Waals surface area contributed by atoms with Crippen LogP contribution in [-0.4, -0.2) is 46.9 Å². The summed E-state index contributed by atoms with van der Waals surface area (Å²) in [5, 5.41) is 4.19. The summed E-state index contributed by atoms with van der Waals surface area (Å²) in [7, 11) is 1.62. The van der Waals surface area contributed by atoms with Crippen molar-refractivity contribution in [2.75, 3.05) is 12.0 Å². The number of carbonyl (C=O) groups excluding carboxylic acids is 3. The maximum atomic E-state index is 14.1. The Bertz CT molecular complexity index is 1640. The number of ether oxygens (including phenoxy) is 1. The first-order chi connectivity index (χ1) is 20.0. The lowest BCUT2D eigenvalue weighted by Crippen LogP contribution is -2.44. The van der Waals surface area contributed by atoms with Crippen molar-refractivity contribution < 1.29 is 19.1 Å². The number of urea groups is 1. The van der Waals surface area contributed by atoms with Crippen LogP contribution in [0.5, 0.6) is 5.75 Å². The van der Waals surface area contributed by atoms with Crippen molar-refractivity contribution in [3.05, 3.63) is 95.2 Å². The van der Waals surface area contributed by atoms with E-state index in [1.165, 1.54) is 11.3 Å². The molecule has 0 bridgehead atoms. The van der Waals surface area contributed by atoms with Crippen molar-refractivity contribution in [2.45, 2.75) is 56.7 Å². The Kier molecular flexibility index (Phi) is 6.26. The van der Waals surface area contributed by atoms with Crippen LogP contribution in [0.4, 0.5) is 10.5 Å². The predicted octanol–water partition coefficient (Wildman–Crippen LogP) is 5.72. The molecule has 2 atom stereocenters. The number of benzene rings is 3. The number of nitrogens with zero attached hydrogens (tertiary/aromatic N) is 2. The molecular formula is C33H32N4O4. The van der Waals surface area contributed by atoms with Gasteiger partial charge in [-0.25, -0.2) is 9.69 Å². The molecule has 4 aromatic rings. The standard InChI is InChI=1S/C33H32N4O4/c1-41-24-17-13-20(14-18-24)30-29-26(25-9-5-6-10-27(25)35-29)19-28-32(39)36(33(40)37(28)30)23-15-11-21(12-16-23)31(38)34-22-7-3-2-4-8-22/h5-6,9-18,22,28,30,35H,2-4,7-8,19H2,1H3,(H,34,38). The lowest BCUT2D eigenvalue weighted by molar-refractivity contribution is -0.120. The fourth-order valence-corrected chi connectivity index (χ4v) is 6.72. The number of imide groups is 1. The number of anilines is 1. The average molecular weight is 549 g/mol. The zero-order chi connectivity index (χ0) is 28.1. The zero-order valence-corrected chi connectivity index (χ0v) is 22.9. The summed E-state index contributed by atoms with van der Waals surface area (Å²) in [6, 6.07) is 21.2. The van der Waals surface area contributed by atoms with Crippen molar-refractivity contribution in [1.82, 2.24) is 15.2 Å². The molecule has 1 saturated carbocycles. The van der Waals surface area contributed by atoms with Gasteiger partial charge >= 0.3 is 6.03 Å². The second kappa shape index (κ2) is 10.1. The number of H-pyrrole nitrogens is 1. The Morgan fingerprint density at radius 1 is 0.927 bits per heavy atom. The highest BCUT2D eigenvalue weighted by molar-refractivity contribution is 6.22. The molecule has 1 saturated heterocycles. The number of aromatic nitrogens is 1. The molecule has 0 radical (unpaired) electrons. The maximum absolute atomic E-state index is 14.1. The number of amides is 4. The summed E-state index contributed by atoms with van der Waals surface area (Å²) in [6.45, 7) is 0. The van der Waals surface area contributed by atoms with E-state index in [-0.39, 0.29) is 23.9 Å². The van der Waals surface area contributed by atoms with Gasteiger partial charge in [-0.15, -0.1) is 0 Å². The first kappa shape index (κ1) is 25.4. The highest BCUT2D eigenvalue weighted by Gasteiger charge is 2.53. The number of rotatable bonds is 5. The summed E-state index contributed by atoms with van der Waals surface area (Å²) in [6.07, 6.45) is 5.93. The van der Waals surface area contributed by atoms with Gasteiger partial charge in [-0.05, 0) is 66.4 Å². The second-order valence-electron chi connectivity index (χ2n) is 11.2. The minimum atomic E-state index is -0.643. The summed E-state index contributed by atoms with van der Waals surface area (Å²) < 4.78 is 5.36. The molecule has 4 amide bonds. The number of carbonyl (C=O) groups is 3. The van der Waals surface area contributed by atoms with E-state index in [0.29, 0.717) is 17.7 Å². The van der Waals surface area contributed by atoms with Crippen LogP contribution in [0.2, 0.25) is 0 Å². The highest BCUT2D eigenvalue weighted by atomic mass is 16.5. The number of methoxy groups -OCH3 is 1. The Morgan fingerprint density at radius 3 is 2.39 bits per heavy atom. The third-order valence-corrected chi connectivity index (χ3v) is 8.81. The lowest BCUT2D eigenvalue weighted by atomic mass is 9.89. The molecule has 2 unspecified atom stereocenters. The summed E-state index contributed by atoms with van der Waals surface area (Å²) in [5.74, 6) is 0.338. The number of hydrogen-bond donors (Lipinski definition) is 2. The molecule has 2 aliphatic heterocycles. The fourth-order valence-electron chi connectivity index (χ4n) is 6.72. The summed E-state index contributed by atoms with van der Waals surface area (Å²) >= 11 is 0. The monoisotopic (exact) mass is 548 g/mol. The van der Waals surface area contributed by atoms with Crippen molar-refractivity contribution in [3.63, 3.8) is 0 Å². The van der Waals surface area contributed by atoms with Crippen LogP contribution >= 0.6 is 0 Å². The van der Waals surface area contributed by atoms with E-state index in [9.17, 15) is 14.4 Å². The molecule has 0 spiro atoms. The molecule has 1 aromatic heterocycles. The van der Waals surface area contributed by atoms with Crippen LogP contribution in [0.25, 0.3) is 10.9 Å². The molecule has 3 aliphatic rings. The van der Waals surface area contributed by atoms with E-state index in [4.69, 9.17) is 4.74 Å². The van der Waals surface area contributed by atoms with E-state index in [1.807, 2.05) is 42.5 Å². The first-order valence-corrected chi connectivity index (χ1v) is 14.3. The molecule has 1 aliphatic carbocycles. The average Bonchev–Trinajstić information content (AvgIpc) is 3.50. The van der Waals surface area contributed by atoms with E-state index < -0.39 is 12.1 Å². The Morgan fingerprint density at radius 2 is 1.66 bits per heavy atom. The van der Waals surface area contributed by atoms with Crippen LogP contribution < -0.4 is 15.0 Å². The van der Waals surface area contributed by atoms with Gasteiger partial charge in [0.25, 0.3) is 11.8 Å². The smallest absolute Gasteiger partial charge is 0.332 e. The molecule has 3 aromatic carbocycles. The SMILES string of the molecule is COc1ccc(C2c3[nH]c4ccccc4c3CC3C(=O)N(c4ccc(C(=O)NC5CCCCC5)cc4)C(=O)N32)cc1. The lowest BCUT2D eigenvalue weighted by Gasteiger charge is -2.36. The Labute approximate surface area is 238 Å². The molecule has 41 heavy (non-hydrogen) atoms. The van der Waals surface area contributed by atoms with Gasteiger partial charge in [-0.2, -0.15) is 0 Å². The van der Waals surface area contributed by atoms with Crippen LogP contribution in [-0.2, 0) is 11.2 Å². The van der Waals surface area contributed by atoms with E-state index in [2.05, 4.69) is 16.4 Å². The molecule has 2 N–H and O–H groups in total. The molecule has 3 heterocycles. The third kappa shape index (κ3) is 4.25. The summed E-state index contributed by atoms with van der Waals surface area (Å²) in [4.78, 5) is 47.4. The van der Waals surface area contributed by atoms with Gasteiger partial charge in [0, 0.05) is 34.6 Å². The van der Waals surface area contributed by atoms with Gasteiger partial charge in [-0.3, -0.25) is 14.5 Å². The van der Waals surface area contributed by atoms with Crippen LogP contribution in [0.15, 0.2) is 72.8 Å². The van der Waals surface area contributed by atoms with Crippen molar-refractivity contribution >= 4 is 34.4 Å². The van der Waals surface area contributed by atoms with Gasteiger partial charge in [0.05, 0.1) is 12.8 Å². The number of aromatic amines is 1. The van der Waals surface area contributed by atoms with Gasteiger partial charge in [0.2, 0.25) is 0 Å². The first-order valence-electron chi connectivity index (χ1n) is 14.3. The van der Waals surface area contributed by atoms with E-state index in [0.717, 1.165) is 59.2 Å². The molecule has 7 rings (SSSR count). The number of para-hydroxylation sites is 1. The topological polar surface area (TPSA) is 94.7 Å². The summed E-state index contributed by atoms with van der Waals surface area (Å²) in [5.41, 5.74) is 4.84. The minimum absolute atomic E-state index is 0.120. The van der Waals surface area contributed by atoms with Crippen LogP contribution in [0.1, 0.15) is 65.3 Å². The van der Waals surface area contributed by atoms with Crippen molar-refractivity contribution in [2.24, 2.45) is 0 Å². The number of fused-ring (bicyclic) bond motifs is 4. The molecule has 8 nitrogen and oxygen atoms in total. The third-order valence-electron chi connectivity index (χ3n) is 8.81. The van der Waals surface area contributed by atoms with E-state index >= 15 is 0 Å². The van der Waals surface area contributed by atoms with Gasteiger partial charge in [0.1, 0.15) is 17.8 Å². The second-order valence-corrected chi connectivity index (χ2v) is 11.2. The fraction of sp³-hybridized carbons (Fsp3) is 0.303. The molecule has 2 fully saturated rings. The van der Waals surface area contributed by atoms with Crippen LogP contribution in [0.3, 0.4) is 0 Å². The Balaban J connectivity index is 1.22. The zero-order valence-electron chi connectivity index (χ0n) is 22.9. The van der Waals surface area contributed by atoms with Gasteiger partial charge in [-0.1, -0.05) is 49.6 Å². The predicted molar refractivity (Wildman–Crippen MR) is 156 cm³/mol.